The van der Waals surface area contributed by atoms with E-state index in [4.69, 9.17) is 4.74 Å². The number of aliphatic hydroxyl groups is 2. The fourth-order valence-electron chi connectivity index (χ4n) is 6.51. The van der Waals surface area contributed by atoms with Crippen LogP contribution in [0.1, 0.15) is 43.2 Å². The molecule has 2 amide bonds. The van der Waals surface area contributed by atoms with Gasteiger partial charge in [-0.2, -0.15) is 0 Å². The summed E-state index contributed by atoms with van der Waals surface area (Å²) in [4.78, 5) is 48.3. The minimum Gasteiger partial charge on any atom is -0.379 e. The van der Waals surface area contributed by atoms with Crippen molar-refractivity contribution in [3.8, 4) is 0 Å². The number of carbonyl (C=O) groups excluding carboxylic acids is 3. The minimum absolute atomic E-state index is 0.275. The molecule has 4 heterocycles. The van der Waals surface area contributed by atoms with Crippen molar-refractivity contribution in [3.63, 3.8) is 0 Å². The van der Waals surface area contributed by atoms with Crippen molar-refractivity contribution in [2.75, 3.05) is 62.5 Å². The molecular formula is C30H36N4O6. The molecular weight excluding hydrogens is 512 g/mol. The number of rotatable bonds is 8. The van der Waals surface area contributed by atoms with E-state index >= 15 is 0 Å². The molecule has 10 heteroatoms. The lowest BCUT2D eigenvalue weighted by Gasteiger charge is -2.32. The zero-order chi connectivity index (χ0) is 27.9. The number of Topliss-reactive ketones (excluding diaryl/α,β-unsaturated/α-hetero) is 1. The Hall–Kier alpha value is -3.15. The van der Waals surface area contributed by atoms with Crippen LogP contribution >= 0.6 is 0 Å². The summed E-state index contributed by atoms with van der Waals surface area (Å²) in [6.45, 7) is 4.81. The third-order valence-corrected chi connectivity index (χ3v) is 8.62. The number of anilines is 2. The molecule has 2 saturated heterocycles. The van der Waals surface area contributed by atoms with E-state index in [-0.39, 0.29) is 6.67 Å². The molecule has 0 aliphatic carbocycles. The number of hydrogen-bond acceptors (Lipinski definition) is 8. The van der Waals surface area contributed by atoms with Gasteiger partial charge in [0.25, 0.3) is 11.8 Å². The SMILES string of the molecule is O=C(CC1(O)C(=O)N(CN2CCCCC2)c2ccccc21)CC1(O)C(=O)N(CN2CCOCC2)c2ccccc21. The maximum absolute atomic E-state index is 13.7. The first-order valence-electron chi connectivity index (χ1n) is 14.1. The summed E-state index contributed by atoms with van der Waals surface area (Å²) in [5, 5.41) is 23.5. The van der Waals surface area contributed by atoms with Crippen molar-refractivity contribution in [2.24, 2.45) is 0 Å². The number of para-hydroxylation sites is 2. The predicted molar refractivity (Wildman–Crippen MR) is 147 cm³/mol. The van der Waals surface area contributed by atoms with E-state index in [1.54, 1.807) is 47.4 Å². The van der Waals surface area contributed by atoms with Gasteiger partial charge in [0, 0.05) is 37.1 Å². The van der Waals surface area contributed by atoms with E-state index < -0.39 is 41.6 Å². The molecule has 2 atom stereocenters. The number of carbonyl (C=O) groups is 3. The van der Waals surface area contributed by atoms with Crippen molar-refractivity contribution < 1.29 is 29.3 Å². The van der Waals surface area contributed by atoms with Crippen LogP contribution in [0.3, 0.4) is 0 Å². The molecule has 10 nitrogen and oxygen atoms in total. The lowest BCUT2D eigenvalue weighted by Crippen LogP contribution is -2.49. The molecule has 0 saturated carbocycles. The van der Waals surface area contributed by atoms with Gasteiger partial charge in [0.2, 0.25) is 0 Å². The van der Waals surface area contributed by atoms with Crippen molar-refractivity contribution in [1.82, 2.24) is 9.80 Å². The number of ether oxygens (including phenoxy) is 1. The van der Waals surface area contributed by atoms with Crippen molar-refractivity contribution in [1.29, 1.82) is 0 Å². The molecule has 4 aliphatic rings. The van der Waals surface area contributed by atoms with Crippen LogP contribution in [0.15, 0.2) is 48.5 Å². The van der Waals surface area contributed by atoms with Gasteiger partial charge in [-0.1, -0.05) is 42.8 Å². The monoisotopic (exact) mass is 548 g/mol. The van der Waals surface area contributed by atoms with Crippen LogP contribution in [-0.4, -0.2) is 90.3 Å². The lowest BCUT2D eigenvalue weighted by atomic mass is 9.84. The topological polar surface area (TPSA) is 114 Å². The highest BCUT2D eigenvalue weighted by Gasteiger charge is 2.55. The van der Waals surface area contributed by atoms with Gasteiger partial charge in [0.15, 0.2) is 11.2 Å². The van der Waals surface area contributed by atoms with Gasteiger partial charge in [-0.25, -0.2) is 0 Å². The van der Waals surface area contributed by atoms with Gasteiger partial charge in [-0.05, 0) is 38.1 Å². The van der Waals surface area contributed by atoms with Crippen LogP contribution in [0.25, 0.3) is 0 Å². The second-order valence-electron chi connectivity index (χ2n) is 11.3. The van der Waals surface area contributed by atoms with Crippen molar-refractivity contribution in [2.45, 2.75) is 43.3 Å². The Kier molecular flexibility index (Phi) is 7.22. The molecule has 2 N–H and O–H groups in total. The number of ketones is 1. The van der Waals surface area contributed by atoms with Crippen LogP contribution < -0.4 is 9.80 Å². The van der Waals surface area contributed by atoms with Gasteiger partial charge in [0.05, 0.1) is 37.9 Å². The molecule has 40 heavy (non-hydrogen) atoms. The molecule has 0 radical (unpaired) electrons. The first kappa shape index (κ1) is 27.0. The smallest absolute Gasteiger partial charge is 0.265 e. The number of hydrogen-bond donors (Lipinski definition) is 2. The van der Waals surface area contributed by atoms with Crippen molar-refractivity contribution in [3.05, 3.63) is 59.7 Å². The second-order valence-corrected chi connectivity index (χ2v) is 11.3. The highest BCUT2D eigenvalue weighted by Crippen LogP contribution is 2.46. The molecule has 0 spiro atoms. The van der Waals surface area contributed by atoms with Crippen LogP contribution in [0.4, 0.5) is 11.4 Å². The fourth-order valence-corrected chi connectivity index (χ4v) is 6.51. The normalized spacial score (nSPS) is 27.2. The average molecular weight is 549 g/mol. The molecule has 6 rings (SSSR count). The Labute approximate surface area is 233 Å². The largest absolute Gasteiger partial charge is 0.379 e. The quantitative estimate of drug-likeness (QED) is 0.511. The number of amides is 2. The average Bonchev–Trinajstić information content (AvgIpc) is 3.30. The number of nitrogens with zero attached hydrogens (tertiary/aromatic N) is 4. The van der Waals surface area contributed by atoms with E-state index in [1.165, 1.54) is 4.90 Å². The number of fused-ring (bicyclic) bond motifs is 2. The van der Waals surface area contributed by atoms with Gasteiger partial charge in [-0.15, -0.1) is 0 Å². The zero-order valence-corrected chi connectivity index (χ0v) is 22.6. The van der Waals surface area contributed by atoms with E-state index in [9.17, 15) is 24.6 Å². The summed E-state index contributed by atoms with van der Waals surface area (Å²) in [5.41, 5.74) is -2.25. The van der Waals surface area contributed by atoms with Crippen molar-refractivity contribution >= 4 is 29.0 Å². The van der Waals surface area contributed by atoms with Crippen LogP contribution in [-0.2, 0) is 30.3 Å². The zero-order valence-electron chi connectivity index (χ0n) is 22.6. The Morgan fingerprint density at radius 3 is 1.65 bits per heavy atom. The van der Waals surface area contributed by atoms with E-state index in [0.717, 1.165) is 32.4 Å². The first-order valence-corrected chi connectivity index (χ1v) is 14.1. The number of likely N-dealkylation sites (tertiary alicyclic amines) is 1. The molecule has 2 unspecified atom stereocenters. The number of benzene rings is 2. The fraction of sp³-hybridized carbons (Fsp3) is 0.500. The molecule has 2 fully saturated rings. The minimum atomic E-state index is -2.08. The third-order valence-electron chi connectivity index (χ3n) is 8.62. The Bertz CT molecular complexity index is 1210. The Morgan fingerprint density at radius 2 is 1.15 bits per heavy atom. The first-order chi connectivity index (χ1) is 19.3. The summed E-state index contributed by atoms with van der Waals surface area (Å²) in [5.74, 6) is -1.69. The summed E-state index contributed by atoms with van der Waals surface area (Å²) in [6, 6.07) is 13.9. The maximum Gasteiger partial charge on any atom is 0.265 e. The number of morpholine rings is 1. The van der Waals surface area contributed by atoms with Gasteiger partial charge in [-0.3, -0.25) is 34.0 Å². The van der Waals surface area contributed by atoms with Crippen LogP contribution in [0, 0.1) is 0 Å². The molecule has 2 aromatic carbocycles. The molecule has 4 aliphatic heterocycles. The summed E-state index contributed by atoms with van der Waals surface area (Å²) in [7, 11) is 0. The number of piperidine rings is 1. The van der Waals surface area contributed by atoms with Crippen LogP contribution in [0.2, 0.25) is 0 Å². The van der Waals surface area contributed by atoms with Gasteiger partial charge in [0.1, 0.15) is 5.78 Å². The Morgan fingerprint density at radius 1 is 0.700 bits per heavy atom. The molecule has 0 bridgehead atoms. The second kappa shape index (κ2) is 10.7. The van der Waals surface area contributed by atoms with Gasteiger partial charge < -0.3 is 14.9 Å². The van der Waals surface area contributed by atoms with Crippen LogP contribution in [0.5, 0.6) is 0 Å². The van der Waals surface area contributed by atoms with E-state index in [0.29, 0.717) is 55.5 Å². The highest BCUT2D eigenvalue weighted by atomic mass is 16.5. The summed E-state index contributed by atoms with van der Waals surface area (Å²) >= 11 is 0. The molecule has 2 aromatic rings. The van der Waals surface area contributed by atoms with E-state index in [1.807, 2.05) is 6.07 Å². The van der Waals surface area contributed by atoms with E-state index in [2.05, 4.69) is 9.80 Å². The third kappa shape index (κ3) is 4.63. The molecule has 212 valence electrons. The van der Waals surface area contributed by atoms with Gasteiger partial charge >= 0.3 is 0 Å². The molecule has 0 aromatic heterocycles. The summed E-state index contributed by atoms with van der Waals surface area (Å²) < 4.78 is 5.41. The summed E-state index contributed by atoms with van der Waals surface area (Å²) in [6.07, 6.45) is 2.22. The Balaban J connectivity index is 1.22. The standard InChI is InChI=1S/C30H36N4O6/c35-22(18-29(38)23-8-2-4-10-25(23)33(27(29)36)20-31-12-6-1-7-13-31)19-30(39)24-9-3-5-11-26(24)34(28(30)37)21-32-14-16-40-17-15-32/h2-5,8-11,38-39H,1,6-7,12-21H2. The predicted octanol–water partition coefficient (Wildman–Crippen LogP) is 1.54. The lowest BCUT2D eigenvalue weighted by molar-refractivity contribution is -0.147. The highest BCUT2D eigenvalue weighted by molar-refractivity contribution is 6.11. The maximum atomic E-state index is 13.7.